The lowest BCUT2D eigenvalue weighted by Crippen LogP contribution is -2.32. The largest absolute Gasteiger partial charge is 0.481 e. The molecule has 1 aromatic rings. The molecule has 5 heteroatoms. The van der Waals surface area contributed by atoms with Crippen molar-refractivity contribution in [2.45, 2.75) is 76.9 Å². The summed E-state index contributed by atoms with van der Waals surface area (Å²) in [5.41, 5.74) is 1.36. The maximum Gasteiger partial charge on any atom is 0.303 e. The summed E-state index contributed by atoms with van der Waals surface area (Å²) in [6.45, 7) is 2.61. The minimum atomic E-state index is -0.780. The van der Waals surface area contributed by atoms with Gasteiger partial charge >= 0.3 is 5.97 Å². The van der Waals surface area contributed by atoms with Gasteiger partial charge in [-0.2, -0.15) is 0 Å². The van der Waals surface area contributed by atoms with E-state index in [9.17, 15) is 14.7 Å². The van der Waals surface area contributed by atoms with E-state index in [1.165, 1.54) is 5.56 Å². The van der Waals surface area contributed by atoms with Crippen LogP contribution < -0.4 is 0 Å². The van der Waals surface area contributed by atoms with Crippen molar-refractivity contribution in [3.63, 3.8) is 0 Å². The summed E-state index contributed by atoms with van der Waals surface area (Å²) < 4.78 is 0. The molecular weight excluding hydrogens is 390 g/mol. The number of unbranched alkanes of at least 4 members (excludes halogenated alkanes) is 2. The Kier molecular flexibility index (Phi) is 11.1. The molecule has 31 heavy (non-hydrogen) atoms. The van der Waals surface area contributed by atoms with Crippen LogP contribution in [0.1, 0.15) is 63.9 Å². The molecule has 1 aliphatic rings. The molecule has 2 N–H and O–H groups in total. The lowest BCUT2D eigenvalue weighted by molar-refractivity contribution is -0.137. The third-order valence-electron chi connectivity index (χ3n) is 5.94. The summed E-state index contributed by atoms with van der Waals surface area (Å²) in [4.78, 5) is 24.5. The minimum Gasteiger partial charge on any atom is -0.481 e. The van der Waals surface area contributed by atoms with Crippen LogP contribution in [0.3, 0.4) is 0 Å². The van der Waals surface area contributed by atoms with E-state index in [4.69, 9.17) is 5.11 Å². The molecule has 0 saturated carbocycles. The average molecular weight is 428 g/mol. The Morgan fingerprint density at radius 1 is 1.19 bits per heavy atom. The number of hydrogen-bond donors (Lipinski definition) is 2. The zero-order valence-corrected chi connectivity index (χ0v) is 18.7. The van der Waals surface area contributed by atoms with Gasteiger partial charge in [-0.1, -0.05) is 68.0 Å². The number of aryl methyl sites for hydroxylation is 1. The number of carboxylic acids is 1. The van der Waals surface area contributed by atoms with E-state index >= 15 is 0 Å². The molecule has 1 saturated heterocycles. The standard InChI is InChI=1S/C26H37NO4/c1-21(11-8-9-14-22-12-5-4-6-13-22)24(28)18-16-23-17-19-25(29)27(23)20-10-3-2-7-15-26(30)31/h3-6,10,12-13,16,18,21,23-24,28H,2,7-9,11,14-15,17,19-20H2,1H3,(H,30,31)/b10-3-,18-16+/t21-,23-,24+/m0/s1. The molecule has 5 nitrogen and oxygen atoms in total. The highest BCUT2D eigenvalue weighted by molar-refractivity contribution is 5.79. The Labute approximate surface area is 186 Å². The van der Waals surface area contributed by atoms with Crippen LogP contribution in [-0.2, 0) is 16.0 Å². The van der Waals surface area contributed by atoms with Crippen molar-refractivity contribution < 1.29 is 19.8 Å². The van der Waals surface area contributed by atoms with Crippen LogP contribution in [0.2, 0.25) is 0 Å². The van der Waals surface area contributed by atoms with Gasteiger partial charge in [0.15, 0.2) is 0 Å². The van der Waals surface area contributed by atoms with Crippen molar-refractivity contribution in [1.29, 1.82) is 0 Å². The maximum absolute atomic E-state index is 12.2. The number of nitrogens with zero attached hydrogens (tertiary/aromatic N) is 1. The summed E-state index contributed by atoms with van der Waals surface area (Å²) >= 11 is 0. The van der Waals surface area contributed by atoms with Crippen LogP contribution >= 0.6 is 0 Å². The molecule has 2 rings (SSSR count). The molecule has 170 valence electrons. The Bertz CT molecular complexity index is 728. The molecule has 3 atom stereocenters. The fourth-order valence-corrected chi connectivity index (χ4v) is 3.91. The molecule has 1 aromatic carbocycles. The predicted molar refractivity (Wildman–Crippen MR) is 124 cm³/mol. The number of carbonyl (C=O) groups is 2. The van der Waals surface area contributed by atoms with E-state index in [2.05, 4.69) is 31.2 Å². The molecule has 1 amide bonds. The van der Waals surface area contributed by atoms with Crippen LogP contribution in [0, 0.1) is 5.92 Å². The highest BCUT2D eigenvalue weighted by Crippen LogP contribution is 2.21. The molecule has 0 radical (unpaired) electrons. The van der Waals surface area contributed by atoms with Gasteiger partial charge in [0.1, 0.15) is 0 Å². The molecule has 1 aliphatic heterocycles. The number of aliphatic hydroxyl groups is 1. The van der Waals surface area contributed by atoms with Crippen molar-refractivity contribution in [1.82, 2.24) is 4.90 Å². The van der Waals surface area contributed by atoms with Gasteiger partial charge in [-0.25, -0.2) is 0 Å². The summed E-state index contributed by atoms with van der Waals surface area (Å²) in [5, 5.41) is 19.2. The van der Waals surface area contributed by atoms with Crippen LogP contribution in [-0.4, -0.2) is 45.7 Å². The second-order valence-corrected chi connectivity index (χ2v) is 8.49. The smallest absolute Gasteiger partial charge is 0.303 e. The predicted octanol–water partition coefficient (Wildman–Crippen LogP) is 4.75. The van der Waals surface area contributed by atoms with E-state index < -0.39 is 12.1 Å². The number of aliphatic hydroxyl groups excluding tert-OH is 1. The van der Waals surface area contributed by atoms with Crippen molar-refractivity contribution in [3.8, 4) is 0 Å². The zero-order chi connectivity index (χ0) is 22.5. The molecule has 0 spiro atoms. The Balaban J connectivity index is 1.70. The van der Waals surface area contributed by atoms with Gasteiger partial charge in [-0.05, 0) is 50.0 Å². The first-order valence-electron chi connectivity index (χ1n) is 11.5. The van der Waals surface area contributed by atoms with E-state index in [0.29, 0.717) is 25.8 Å². The number of likely N-dealkylation sites (tertiary alicyclic amines) is 1. The number of allylic oxidation sites excluding steroid dienone is 1. The van der Waals surface area contributed by atoms with Crippen LogP contribution in [0.4, 0.5) is 0 Å². The lowest BCUT2D eigenvalue weighted by Gasteiger charge is -2.22. The zero-order valence-electron chi connectivity index (χ0n) is 18.7. The van der Waals surface area contributed by atoms with Crippen LogP contribution in [0.25, 0.3) is 0 Å². The summed E-state index contributed by atoms with van der Waals surface area (Å²) in [5.74, 6) is -0.461. The summed E-state index contributed by atoms with van der Waals surface area (Å²) in [6, 6.07) is 10.5. The van der Waals surface area contributed by atoms with Crippen molar-refractivity contribution >= 4 is 11.9 Å². The summed E-state index contributed by atoms with van der Waals surface area (Å²) in [7, 11) is 0. The third kappa shape index (κ3) is 9.52. The second kappa shape index (κ2) is 13.8. The Morgan fingerprint density at radius 2 is 1.97 bits per heavy atom. The first kappa shape index (κ1) is 24.9. The van der Waals surface area contributed by atoms with Gasteiger partial charge in [0.25, 0.3) is 0 Å². The molecule has 0 bridgehead atoms. The fourth-order valence-electron chi connectivity index (χ4n) is 3.91. The van der Waals surface area contributed by atoms with Gasteiger partial charge in [0.05, 0.1) is 12.1 Å². The number of amides is 1. The maximum atomic E-state index is 12.2. The van der Waals surface area contributed by atoms with Gasteiger partial charge in [-0.3, -0.25) is 9.59 Å². The monoisotopic (exact) mass is 427 g/mol. The Morgan fingerprint density at radius 3 is 2.71 bits per heavy atom. The second-order valence-electron chi connectivity index (χ2n) is 8.49. The Hall–Kier alpha value is -2.40. The highest BCUT2D eigenvalue weighted by Gasteiger charge is 2.28. The first-order valence-corrected chi connectivity index (χ1v) is 11.5. The number of benzene rings is 1. The number of rotatable bonds is 14. The number of carbonyl (C=O) groups excluding carboxylic acids is 1. The van der Waals surface area contributed by atoms with Crippen LogP contribution in [0.15, 0.2) is 54.6 Å². The van der Waals surface area contributed by atoms with E-state index in [-0.39, 0.29) is 24.3 Å². The normalized spacial score (nSPS) is 18.8. The third-order valence-corrected chi connectivity index (χ3v) is 5.94. The fraction of sp³-hybridized carbons (Fsp3) is 0.538. The quantitative estimate of drug-likeness (QED) is 0.332. The van der Waals surface area contributed by atoms with E-state index in [1.54, 1.807) is 0 Å². The molecule has 1 heterocycles. The first-order chi connectivity index (χ1) is 15.0. The number of hydrogen-bond acceptors (Lipinski definition) is 3. The van der Waals surface area contributed by atoms with Crippen LogP contribution in [0.5, 0.6) is 0 Å². The molecular formula is C26H37NO4. The minimum absolute atomic E-state index is 0.0242. The van der Waals surface area contributed by atoms with Crippen molar-refractivity contribution in [2.75, 3.05) is 6.54 Å². The lowest BCUT2D eigenvalue weighted by atomic mass is 9.95. The topological polar surface area (TPSA) is 77.8 Å². The van der Waals surface area contributed by atoms with Crippen molar-refractivity contribution in [2.24, 2.45) is 5.92 Å². The number of carboxylic acid groups (broad SMARTS) is 1. The molecule has 0 aromatic heterocycles. The van der Waals surface area contributed by atoms with Crippen molar-refractivity contribution in [3.05, 3.63) is 60.2 Å². The SMILES string of the molecule is C[C@@H](CCCCc1ccccc1)[C@H](O)/C=C/[C@H]1CCC(=O)N1C/C=C\CCCC(=O)O. The molecule has 0 unspecified atom stereocenters. The summed E-state index contributed by atoms with van der Waals surface area (Å²) in [6.07, 6.45) is 14.3. The van der Waals surface area contributed by atoms with Gasteiger partial charge < -0.3 is 15.1 Å². The van der Waals surface area contributed by atoms with Gasteiger partial charge in [0.2, 0.25) is 5.91 Å². The average Bonchev–Trinajstić information content (AvgIpc) is 3.11. The highest BCUT2D eigenvalue weighted by atomic mass is 16.4. The van der Waals surface area contributed by atoms with E-state index in [1.807, 2.05) is 35.3 Å². The molecule has 0 aliphatic carbocycles. The van der Waals surface area contributed by atoms with E-state index in [0.717, 1.165) is 32.1 Å². The number of aliphatic carboxylic acids is 1. The molecule has 1 fully saturated rings. The van der Waals surface area contributed by atoms with Gasteiger partial charge in [-0.15, -0.1) is 0 Å². The van der Waals surface area contributed by atoms with Gasteiger partial charge in [0, 0.05) is 19.4 Å².